The molecule has 2 unspecified atom stereocenters. The first-order chi connectivity index (χ1) is 21.1. The lowest BCUT2D eigenvalue weighted by Gasteiger charge is -2.20. The maximum absolute atomic E-state index is 14.2. The summed E-state index contributed by atoms with van der Waals surface area (Å²) < 4.78 is 20.7. The second-order valence-corrected chi connectivity index (χ2v) is 11.1. The molecule has 0 saturated heterocycles. The summed E-state index contributed by atoms with van der Waals surface area (Å²) in [5, 5.41) is 33.6. The normalized spacial score (nSPS) is 12.6. The minimum absolute atomic E-state index is 0.0258. The van der Waals surface area contributed by atoms with Crippen LogP contribution in [0, 0.1) is 5.82 Å². The van der Waals surface area contributed by atoms with Crippen LogP contribution in [0.15, 0.2) is 78.9 Å². The highest BCUT2D eigenvalue weighted by atomic mass is 19.1. The Hall–Kier alpha value is -4.31. The predicted octanol–water partition coefficient (Wildman–Crippen LogP) is 5.89. The Kier molecular flexibility index (Phi) is 11.1. The molecule has 1 aromatic heterocycles. The topological polar surface area (TPSA) is 121 Å². The van der Waals surface area contributed by atoms with Crippen molar-refractivity contribution < 1.29 is 34.0 Å². The molecule has 9 heteroatoms. The van der Waals surface area contributed by atoms with E-state index in [-0.39, 0.29) is 44.2 Å². The van der Waals surface area contributed by atoms with Crippen LogP contribution >= 0.6 is 0 Å². The number of esters is 1. The highest BCUT2D eigenvalue weighted by Gasteiger charge is 2.31. The molecule has 0 aliphatic carbocycles. The van der Waals surface area contributed by atoms with Crippen LogP contribution in [0.25, 0.3) is 22.4 Å². The first-order valence-electron chi connectivity index (χ1n) is 14.6. The Morgan fingerprint density at radius 1 is 0.909 bits per heavy atom. The van der Waals surface area contributed by atoms with Crippen LogP contribution in [0.5, 0.6) is 0 Å². The number of rotatable bonds is 13. The molecule has 0 spiro atoms. The first kappa shape index (κ1) is 32.6. The van der Waals surface area contributed by atoms with Gasteiger partial charge in [-0.05, 0) is 71.8 Å². The number of aliphatic hydroxyl groups excluding tert-OH is 3. The number of hydrogen-bond donors (Lipinski definition) is 4. The van der Waals surface area contributed by atoms with Crippen LogP contribution in [0.2, 0.25) is 0 Å². The lowest BCUT2D eigenvalue weighted by molar-refractivity contribution is -0.143. The van der Waals surface area contributed by atoms with Crippen molar-refractivity contribution in [3.8, 4) is 22.4 Å². The van der Waals surface area contributed by atoms with Crippen molar-refractivity contribution in [2.24, 2.45) is 0 Å². The van der Waals surface area contributed by atoms with Crippen molar-refractivity contribution in [1.29, 1.82) is 0 Å². The highest BCUT2D eigenvalue weighted by molar-refractivity contribution is 6.12. The van der Waals surface area contributed by atoms with Crippen LogP contribution in [0.3, 0.4) is 0 Å². The molecule has 8 nitrogen and oxygen atoms in total. The highest BCUT2D eigenvalue weighted by Crippen LogP contribution is 2.42. The molecule has 44 heavy (non-hydrogen) atoms. The van der Waals surface area contributed by atoms with Crippen molar-refractivity contribution in [2.45, 2.75) is 64.4 Å². The smallest absolute Gasteiger partial charge is 0.308 e. The number of aliphatic hydroxyl groups is 3. The molecule has 4 aromatic rings. The fourth-order valence-corrected chi connectivity index (χ4v) is 5.45. The van der Waals surface area contributed by atoms with Crippen molar-refractivity contribution in [1.82, 2.24) is 4.57 Å². The van der Waals surface area contributed by atoms with Gasteiger partial charge in [0.15, 0.2) is 0 Å². The zero-order valence-electron chi connectivity index (χ0n) is 25.2. The summed E-state index contributed by atoms with van der Waals surface area (Å²) in [4.78, 5) is 25.8. The summed E-state index contributed by atoms with van der Waals surface area (Å²) in [7, 11) is 1.24. The van der Waals surface area contributed by atoms with Gasteiger partial charge in [-0.2, -0.15) is 0 Å². The minimum Gasteiger partial charge on any atom is -0.469 e. The van der Waals surface area contributed by atoms with E-state index in [9.17, 15) is 29.3 Å². The van der Waals surface area contributed by atoms with Crippen LogP contribution in [0.1, 0.15) is 60.6 Å². The van der Waals surface area contributed by atoms with E-state index in [0.29, 0.717) is 28.1 Å². The fraction of sp³-hybridized carbons (Fsp3) is 0.314. The SMILES string of the molecule is COC(=O)CC(O)CC(O)CCn1c(-c2ccc(F)cc2)c(-c2ccccc2)c(C(=O)Nc2ccc(CO)cc2)c1C(C)C. The van der Waals surface area contributed by atoms with Gasteiger partial charge in [0.05, 0.1) is 43.6 Å². The Balaban J connectivity index is 1.85. The molecule has 0 aliphatic heterocycles. The number of aromatic nitrogens is 1. The van der Waals surface area contributed by atoms with E-state index in [1.807, 2.05) is 48.7 Å². The molecular weight excluding hydrogens is 563 g/mol. The summed E-state index contributed by atoms with van der Waals surface area (Å²) in [6.45, 7) is 4.14. The quantitative estimate of drug-likeness (QED) is 0.142. The predicted molar refractivity (Wildman–Crippen MR) is 168 cm³/mol. The van der Waals surface area contributed by atoms with Gasteiger partial charge in [0.2, 0.25) is 0 Å². The summed E-state index contributed by atoms with van der Waals surface area (Å²) in [6.07, 6.45) is -2.04. The summed E-state index contributed by atoms with van der Waals surface area (Å²) in [5.41, 5.74) is 5.32. The second-order valence-electron chi connectivity index (χ2n) is 11.1. The van der Waals surface area contributed by atoms with Gasteiger partial charge >= 0.3 is 5.97 Å². The number of amides is 1. The number of benzene rings is 3. The Morgan fingerprint density at radius 2 is 1.57 bits per heavy atom. The Bertz CT molecular complexity index is 1550. The third-order valence-electron chi connectivity index (χ3n) is 7.51. The maximum atomic E-state index is 14.2. The van der Waals surface area contributed by atoms with Gasteiger partial charge in [0.25, 0.3) is 5.91 Å². The zero-order valence-corrected chi connectivity index (χ0v) is 25.2. The van der Waals surface area contributed by atoms with Gasteiger partial charge in [0, 0.05) is 23.5 Å². The largest absolute Gasteiger partial charge is 0.469 e. The van der Waals surface area contributed by atoms with E-state index < -0.39 is 24.0 Å². The molecule has 0 aliphatic rings. The average molecular weight is 603 g/mol. The first-order valence-corrected chi connectivity index (χ1v) is 14.6. The Morgan fingerprint density at radius 3 is 2.16 bits per heavy atom. The van der Waals surface area contributed by atoms with Crippen LogP contribution in [-0.2, 0) is 22.7 Å². The molecule has 4 N–H and O–H groups in total. The second kappa shape index (κ2) is 14.9. The number of ether oxygens (including phenoxy) is 1. The van der Waals surface area contributed by atoms with Crippen molar-refractivity contribution in [3.05, 3.63) is 102 Å². The molecule has 1 amide bonds. The van der Waals surface area contributed by atoms with E-state index in [0.717, 1.165) is 16.8 Å². The van der Waals surface area contributed by atoms with Crippen molar-refractivity contribution in [3.63, 3.8) is 0 Å². The van der Waals surface area contributed by atoms with E-state index in [2.05, 4.69) is 10.1 Å². The van der Waals surface area contributed by atoms with Gasteiger partial charge in [-0.1, -0.05) is 56.3 Å². The number of methoxy groups -OCH3 is 1. The van der Waals surface area contributed by atoms with E-state index in [4.69, 9.17) is 0 Å². The van der Waals surface area contributed by atoms with Crippen LogP contribution in [0.4, 0.5) is 10.1 Å². The maximum Gasteiger partial charge on any atom is 0.308 e. The van der Waals surface area contributed by atoms with Gasteiger partial charge in [-0.15, -0.1) is 0 Å². The van der Waals surface area contributed by atoms with Gasteiger partial charge < -0.3 is 29.9 Å². The monoisotopic (exact) mass is 602 g/mol. The summed E-state index contributed by atoms with van der Waals surface area (Å²) in [5.74, 6) is -1.42. The number of nitrogens with one attached hydrogen (secondary N) is 1. The van der Waals surface area contributed by atoms with Gasteiger partial charge in [0.1, 0.15) is 5.82 Å². The number of carbonyl (C=O) groups is 2. The Labute approximate surface area is 256 Å². The molecule has 0 saturated carbocycles. The molecule has 1 heterocycles. The van der Waals surface area contributed by atoms with E-state index in [1.165, 1.54) is 19.2 Å². The lowest BCUT2D eigenvalue weighted by atomic mass is 9.94. The number of carbonyl (C=O) groups excluding carboxylic acids is 2. The standard InChI is InChI=1S/C35H39FN2O6/c1-22(2)33-32(35(43)37-27-15-9-23(21-39)10-16-27)31(24-7-5-4-6-8-24)34(25-11-13-26(36)14-12-25)38(33)18-17-28(40)19-29(41)20-30(42)44-3/h4-16,22,28-29,39-41H,17-21H2,1-3H3,(H,37,43). The molecule has 0 fully saturated rings. The fourth-order valence-electron chi connectivity index (χ4n) is 5.45. The van der Waals surface area contributed by atoms with E-state index in [1.54, 1.807) is 36.4 Å². The molecular formula is C35H39FN2O6. The molecule has 0 radical (unpaired) electrons. The number of hydrogen-bond acceptors (Lipinski definition) is 6. The number of halogens is 1. The van der Waals surface area contributed by atoms with Crippen LogP contribution in [-0.4, -0.2) is 51.1 Å². The van der Waals surface area contributed by atoms with Gasteiger partial charge in [-0.25, -0.2) is 4.39 Å². The third-order valence-corrected chi connectivity index (χ3v) is 7.51. The zero-order chi connectivity index (χ0) is 31.8. The lowest BCUT2D eigenvalue weighted by Crippen LogP contribution is -2.23. The molecule has 2 atom stereocenters. The molecule has 3 aromatic carbocycles. The average Bonchev–Trinajstić information content (AvgIpc) is 3.36. The molecule has 232 valence electrons. The third kappa shape index (κ3) is 7.79. The molecule has 0 bridgehead atoms. The van der Waals surface area contributed by atoms with Gasteiger partial charge in [-0.3, -0.25) is 9.59 Å². The number of nitrogens with zero attached hydrogens (tertiary/aromatic N) is 1. The summed E-state index contributed by atoms with van der Waals surface area (Å²) >= 11 is 0. The molecule has 4 rings (SSSR count). The van der Waals surface area contributed by atoms with E-state index >= 15 is 0 Å². The number of anilines is 1. The minimum atomic E-state index is -1.07. The van der Waals surface area contributed by atoms with Crippen molar-refractivity contribution in [2.75, 3.05) is 12.4 Å². The summed E-state index contributed by atoms with van der Waals surface area (Å²) in [6, 6.07) is 22.5. The van der Waals surface area contributed by atoms with Crippen molar-refractivity contribution >= 4 is 17.6 Å². The van der Waals surface area contributed by atoms with Crippen LogP contribution < -0.4 is 5.32 Å².